The molecule has 0 amide bonds. The van der Waals surface area contributed by atoms with Crippen molar-refractivity contribution in [3.63, 3.8) is 0 Å². The Kier molecular flexibility index (Phi) is 8.43. The highest BCUT2D eigenvalue weighted by molar-refractivity contribution is 5.42. The van der Waals surface area contributed by atoms with E-state index in [4.69, 9.17) is 18.9 Å². The van der Waals surface area contributed by atoms with Crippen LogP contribution >= 0.6 is 0 Å². The highest BCUT2D eigenvalue weighted by Gasteiger charge is 2.35. The second kappa shape index (κ2) is 11.7. The maximum Gasteiger partial charge on any atom is 0.160 e. The van der Waals surface area contributed by atoms with Gasteiger partial charge in [0.05, 0.1) is 39.6 Å². The molecular formula is C27H37NO4. The van der Waals surface area contributed by atoms with Gasteiger partial charge in [-0.05, 0) is 48.9 Å². The standard InChI is InChI=1S/C27H37NO4/c1-29-26-13-12-21(18-27(26)30-2)15-17-31-25-11-7-6-10-24(25)28-16-14-23(19-28)32-20-22-8-4-3-5-9-22/h3-5,8-9,12-13,18,23-25H,6-7,10-11,14-17,19-20H2,1-2H3/t23-,24+,25+/m0/s1. The molecule has 1 saturated carbocycles. The minimum atomic E-state index is 0.316. The van der Waals surface area contributed by atoms with Crippen LogP contribution < -0.4 is 9.47 Å². The molecule has 0 N–H and O–H groups in total. The van der Waals surface area contributed by atoms with Crippen LogP contribution in [0.3, 0.4) is 0 Å². The molecule has 5 heteroatoms. The molecule has 0 unspecified atom stereocenters. The highest BCUT2D eigenvalue weighted by Crippen LogP contribution is 2.30. The molecule has 0 radical (unpaired) electrons. The van der Waals surface area contributed by atoms with Gasteiger partial charge in [-0.3, -0.25) is 4.90 Å². The minimum absolute atomic E-state index is 0.316. The van der Waals surface area contributed by atoms with Crippen LogP contribution in [0, 0.1) is 0 Å². The summed E-state index contributed by atoms with van der Waals surface area (Å²) in [4.78, 5) is 2.62. The van der Waals surface area contributed by atoms with Gasteiger partial charge < -0.3 is 18.9 Å². The molecular weight excluding hydrogens is 402 g/mol. The lowest BCUT2D eigenvalue weighted by atomic mass is 9.91. The Hall–Kier alpha value is -2.08. The van der Waals surface area contributed by atoms with Gasteiger partial charge in [0.25, 0.3) is 0 Å². The molecule has 0 bridgehead atoms. The quantitative estimate of drug-likeness (QED) is 0.528. The third kappa shape index (κ3) is 6.03. The highest BCUT2D eigenvalue weighted by atomic mass is 16.5. The van der Waals surface area contributed by atoms with E-state index in [9.17, 15) is 0 Å². The van der Waals surface area contributed by atoms with Crippen LogP contribution in [-0.2, 0) is 22.5 Å². The molecule has 0 aromatic heterocycles. The minimum Gasteiger partial charge on any atom is -0.493 e. The first kappa shape index (κ1) is 23.1. The van der Waals surface area contributed by atoms with Crippen LogP contribution in [0.25, 0.3) is 0 Å². The summed E-state index contributed by atoms with van der Waals surface area (Å²) in [5, 5.41) is 0. The molecule has 3 atom stereocenters. The molecule has 4 rings (SSSR count). The number of likely N-dealkylation sites (tertiary alicyclic amines) is 1. The van der Waals surface area contributed by atoms with Crippen molar-refractivity contribution in [2.24, 2.45) is 0 Å². The zero-order chi connectivity index (χ0) is 22.2. The molecule has 1 aliphatic carbocycles. The summed E-state index contributed by atoms with van der Waals surface area (Å²) in [6.45, 7) is 3.57. The fourth-order valence-corrected chi connectivity index (χ4v) is 5.03. The van der Waals surface area contributed by atoms with E-state index in [1.807, 2.05) is 6.07 Å². The lowest BCUT2D eigenvalue weighted by Crippen LogP contribution is -2.46. The van der Waals surface area contributed by atoms with Gasteiger partial charge >= 0.3 is 0 Å². The average molecular weight is 440 g/mol. The number of methoxy groups -OCH3 is 2. The van der Waals surface area contributed by atoms with Crippen LogP contribution in [0.5, 0.6) is 11.5 Å². The summed E-state index contributed by atoms with van der Waals surface area (Å²) >= 11 is 0. The monoisotopic (exact) mass is 439 g/mol. The Morgan fingerprint density at radius 3 is 2.47 bits per heavy atom. The Balaban J connectivity index is 1.26. The molecule has 174 valence electrons. The van der Waals surface area contributed by atoms with Crippen molar-refractivity contribution in [2.45, 2.75) is 63.4 Å². The van der Waals surface area contributed by atoms with Gasteiger partial charge in [-0.25, -0.2) is 0 Å². The normalized spacial score (nSPS) is 23.9. The van der Waals surface area contributed by atoms with Gasteiger partial charge in [0, 0.05) is 19.1 Å². The summed E-state index contributed by atoms with van der Waals surface area (Å²) in [6, 6.07) is 17.1. The third-order valence-electron chi connectivity index (χ3n) is 6.81. The van der Waals surface area contributed by atoms with Crippen molar-refractivity contribution in [3.05, 3.63) is 59.7 Å². The van der Waals surface area contributed by atoms with Crippen molar-refractivity contribution in [2.75, 3.05) is 33.9 Å². The van der Waals surface area contributed by atoms with Crippen molar-refractivity contribution in [1.82, 2.24) is 4.90 Å². The van der Waals surface area contributed by atoms with Gasteiger partial charge in [0.15, 0.2) is 11.5 Å². The molecule has 2 fully saturated rings. The maximum absolute atomic E-state index is 6.45. The smallest absolute Gasteiger partial charge is 0.160 e. The number of hydrogen-bond acceptors (Lipinski definition) is 5. The third-order valence-corrected chi connectivity index (χ3v) is 6.81. The van der Waals surface area contributed by atoms with Crippen LogP contribution in [0.1, 0.15) is 43.2 Å². The molecule has 2 aliphatic rings. The number of ether oxygens (including phenoxy) is 4. The summed E-state index contributed by atoms with van der Waals surface area (Å²) in [7, 11) is 3.34. The fraction of sp³-hybridized carbons (Fsp3) is 0.556. The van der Waals surface area contributed by atoms with E-state index in [2.05, 4.69) is 47.4 Å². The Labute approximate surface area is 192 Å². The van der Waals surface area contributed by atoms with Crippen molar-refractivity contribution in [3.8, 4) is 11.5 Å². The van der Waals surface area contributed by atoms with E-state index >= 15 is 0 Å². The number of hydrogen-bond donors (Lipinski definition) is 0. The largest absolute Gasteiger partial charge is 0.493 e. The predicted octanol–water partition coefficient (Wildman–Crippen LogP) is 4.87. The lowest BCUT2D eigenvalue weighted by molar-refractivity contribution is -0.0352. The Bertz CT molecular complexity index is 828. The van der Waals surface area contributed by atoms with E-state index in [1.54, 1.807) is 14.2 Å². The maximum atomic E-state index is 6.45. The SMILES string of the molecule is COc1ccc(CCO[C@@H]2CCCC[C@H]2N2CC[C@H](OCc3ccccc3)C2)cc1OC. The summed E-state index contributed by atoms with van der Waals surface area (Å²) in [6.07, 6.45) is 7.58. The van der Waals surface area contributed by atoms with Crippen LogP contribution in [-0.4, -0.2) is 57.1 Å². The number of rotatable bonds is 10. The van der Waals surface area contributed by atoms with Crippen LogP contribution in [0.4, 0.5) is 0 Å². The molecule has 2 aromatic rings. The first-order valence-corrected chi connectivity index (χ1v) is 12.0. The predicted molar refractivity (Wildman–Crippen MR) is 126 cm³/mol. The van der Waals surface area contributed by atoms with Crippen molar-refractivity contribution >= 4 is 0 Å². The molecule has 0 spiro atoms. The average Bonchev–Trinajstić information content (AvgIpc) is 3.32. The molecule has 1 heterocycles. The van der Waals surface area contributed by atoms with E-state index < -0.39 is 0 Å². The molecule has 5 nitrogen and oxygen atoms in total. The first-order valence-electron chi connectivity index (χ1n) is 12.0. The van der Waals surface area contributed by atoms with Gasteiger partial charge in [0.1, 0.15) is 0 Å². The number of nitrogens with zero attached hydrogens (tertiary/aromatic N) is 1. The summed E-state index contributed by atoms with van der Waals surface area (Å²) in [5.41, 5.74) is 2.46. The van der Waals surface area contributed by atoms with E-state index in [0.717, 1.165) is 50.5 Å². The lowest BCUT2D eigenvalue weighted by Gasteiger charge is -2.37. The van der Waals surface area contributed by atoms with Gasteiger partial charge in [0.2, 0.25) is 0 Å². The van der Waals surface area contributed by atoms with Gasteiger partial charge in [-0.1, -0.05) is 49.2 Å². The molecule has 1 saturated heterocycles. The van der Waals surface area contributed by atoms with Gasteiger partial charge in [-0.15, -0.1) is 0 Å². The van der Waals surface area contributed by atoms with Crippen LogP contribution in [0.15, 0.2) is 48.5 Å². The topological polar surface area (TPSA) is 40.2 Å². The van der Waals surface area contributed by atoms with E-state index in [0.29, 0.717) is 24.9 Å². The fourth-order valence-electron chi connectivity index (χ4n) is 5.03. The summed E-state index contributed by atoms with van der Waals surface area (Å²) < 4.78 is 23.4. The zero-order valence-electron chi connectivity index (χ0n) is 19.5. The Morgan fingerprint density at radius 2 is 1.66 bits per heavy atom. The molecule has 1 aliphatic heterocycles. The zero-order valence-corrected chi connectivity index (χ0v) is 19.5. The first-order chi connectivity index (χ1) is 15.8. The van der Waals surface area contributed by atoms with Crippen LogP contribution in [0.2, 0.25) is 0 Å². The number of benzene rings is 2. The Morgan fingerprint density at radius 1 is 0.844 bits per heavy atom. The summed E-state index contributed by atoms with van der Waals surface area (Å²) in [5.74, 6) is 1.54. The molecule has 32 heavy (non-hydrogen) atoms. The van der Waals surface area contributed by atoms with Crippen molar-refractivity contribution < 1.29 is 18.9 Å². The van der Waals surface area contributed by atoms with Crippen molar-refractivity contribution in [1.29, 1.82) is 0 Å². The second-order valence-electron chi connectivity index (χ2n) is 8.90. The van der Waals surface area contributed by atoms with E-state index in [-0.39, 0.29) is 0 Å². The van der Waals surface area contributed by atoms with Gasteiger partial charge in [-0.2, -0.15) is 0 Å². The molecule has 2 aromatic carbocycles. The van der Waals surface area contributed by atoms with E-state index in [1.165, 1.54) is 30.4 Å². The second-order valence-corrected chi connectivity index (χ2v) is 8.90.